The molecule has 2 rings (SSSR count). The zero-order valence-electron chi connectivity index (χ0n) is 12.1. The number of hydrogen-bond acceptors (Lipinski definition) is 4. The van der Waals surface area contributed by atoms with Crippen molar-refractivity contribution in [2.45, 2.75) is 25.9 Å². The standard InChI is InChI=1S/C15H24N2O2/c1-15(2)11-16-13-10-12(4-5-14(13)19-15)6-7-17(3)8-9-18/h4-5,10,16,18H,6-9,11H2,1-3H3. The van der Waals surface area contributed by atoms with Crippen molar-refractivity contribution in [3.63, 3.8) is 0 Å². The van der Waals surface area contributed by atoms with Gasteiger partial charge in [0.05, 0.1) is 18.8 Å². The van der Waals surface area contributed by atoms with E-state index in [-0.39, 0.29) is 12.2 Å². The molecule has 1 heterocycles. The first-order chi connectivity index (χ1) is 9.00. The molecule has 0 saturated heterocycles. The van der Waals surface area contributed by atoms with E-state index in [1.807, 2.05) is 13.1 Å². The van der Waals surface area contributed by atoms with Crippen molar-refractivity contribution >= 4 is 5.69 Å². The van der Waals surface area contributed by atoms with E-state index >= 15 is 0 Å². The average Bonchev–Trinajstić information content (AvgIpc) is 2.36. The lowest BCUT2D eigenvalue weighted by molar-refractivity contribution is 0.116. The number of rotatable bonds is 5. The summed E-state index contributed by atoms with van der Waals surface area (Å²) in [5, 5.41) is 12.3. The van der Waals surface area contributed by atoms with Crippen molar-refractivity contribution in [2.24, 2.45) is 0 Å². The molecule has 0 fully saturated rings. The molecule has 1 aliphatic heterocycles. The predicted molar refractivity (Wildman–Crippen MR) is 77.9 cm³/mol. The third-order valence-electron chi connectivity index (χ3n) is 3.40. The molecule has 0 unspecified atom stereocenters. The van der Waals surface area contributed by atoms with E-state index in [4.69, 9.17) is 9.84 Å². The number of nitrogens with zero attached hydrogens (tertiary/aromatic N) is 1. The lowest BCUT2D eigenvalue weighted by Crippen LogP contribution is -2.40. The first kappa shape index (κ1) is 14.2. The van der Waals surface area contributed by atoms with Crippen LogP contribution in [0.4, 0.5) is 5.69 Å². The fourth-order valence-electron chi connectivity index (χ4n) is 2.20. The van der Waals surface area contributed by atoms with Crippen LogP contribution in [0.1, 0.15) is 19.4 Å². The molecule has 1 aromatic rings. The second kappa shape index (κ2) is 5.80. The van der Waals surface area contributed by atoms with Crippen molar-refractivity contribution in [1.82, 2.24) is 4.90 Å². The molecule has 4 heteroatoms. The summed E-state index contributed by atoms with van der Waals surface area (Å²) in [6.07, 6.45) is 0.981. The smallest absolute Gasteiger partial charge is 0.143 e. The Labute approximate surface area is 115 Å². The third-order valence-corrected chi connectivity index (χ3v) is 3.40. The monoisotopic (exact) mass is 264 g/mol. The topological polar surface area (TPSA) is 44.7 Å². The SMILES string of the molecule is CN(CCO)CCc1ccc2c(c1)NCC(C)(C)O2. The molecule has 0 atom stereocenters. The molecular weight excluding hydrogens is 240 g/mol. The third kappa shape index (κ3) is 3.85. The van der Waals surface area contributed by atoms with Crippen molar-refractivity contribution in [3.8, 4) is 5.75 Å². The average molecular weight is 264 g/mol. The normalized spacial score (nSPS) is 16.7. The molecule has 0 bridgehead atoms. The molecule has 1 aromatic carbocycles. The zero-order valence-corrected chi connectivity index (χ0v) is 12.1. The molecule has 106 valence electrons. The molecule has 0 spiro atoms. The number of anilines is 1. The molecule has 0 radical (unpaired) electrons. The lowest BCUT2D eigenvalue weighted by Gasteiger charge is -2.33. The lowest BCUT2D eigenvalue weighted by atomic mass is 10.0. The summed E-state index contributed by atoms with van der Waals surface area (Å²) in [5.41, 5.74) is 2.23. The van der Waals surface area contributed by atoms with Gasteiger partial charge in [-0.15, -0.1) is 0 Å². The molecule has 1 aliphatic rings. The van der Waals surface area contributed by atoms with Crippen LogP contribution in [0.25, 0.3) is 0 Å². The number of benzene rings is 1. The zero-order chi connectivity index (χ0) is 13.9. The van der Waals surface area contributed by atoms with E-state index in [0.29, 0.717) is 0 Å². The molecule has 0 saturated carbocycles. The van der Waals surface area contributed by atoms with Crippen LogP contribution >= 0.6 is 0 Å². The van der Waals surface area contributed by atoms with Gasteiger partial charge < -0.3 is 20.1 Å². The van der Waals surface area contributed by atoms with Crippen LogP contribution in [0, 0.1) is 0 Å². The summed E-state index contributed by atoms with van der Waals surface area (Å²) in [6.45, 7) is 6.88. The molecular formula is C15H24N2O2. The Morgan fingerprint density at radius 1 is 1.37 bits per heavy atom. The number of aliphatic hydroxyl groups is 1. The van der Waals surface area contributed by atoms with Crippen LogP contribution in [-0.4, -0.2) is 48.9 Å². The molecule has 0 aromatic heterocycles. The Morgan fingerprint density at radius 2 is 2.16 bits per heavy atom. The minimum Gasteiger partial charge on any atom is -0.484 e. The van der Waals surface area contributed by atoms with Crippen LogP contribution in [0.5, 0.6) is 5.75 Å². The fraction of sp³-hybridized carbons (Fsp3) is 0.600. The van der Waals surface area contributed by atoms with E-state index in [1.165, 1.54) is 5.56 Å². The van der Waals surface area contributed by atoms with Gasteiger partial charge in [-0.05, 0) is 45.0 Å². The highest BCUT2D eigenvalue weighted by molar-refractivity contribution is 5.60. The second-order valence-electron chi connectivity index (χ2n) is 5.82. The van der Waals surface area contributed by atoms with Gasteiger partial charge in [-0.2, -0.15) is 0 Å². The minimum absolute atomic E-state index is 0.143. The van der Waals surface area contributed by atoms with Gasteiger partial charge in [-0.25, -0.2) is 0 Å². The highest BCUT2D eigenvalue weighted by atomic mass is 16.5. The van der Waals surface area contributed by atoms with Crippen molar-refractivity contribution in [1.29, 1.82) is 0 Å². The van der Waals surface area contributed by atoms with Crippen LogP contribution in [0.15, 0.2) is 18.2 Å². The quantitative estimate of drug-likeness (QED) is 0.850. The van der Waals surface area contributed by atoms with Gasteiger partial charge in [0.15, 0.2) is 0 Å². The highest BCUT2D eigenvalue weighted by Gasteiger charge is 2.26. The predicted octanol–water partition coefficient (Wildman–Crippen LogP) is 1.74. The summed E-state index contributed by atoms with van der Waals surface area (Å²) in [7, 11) is 2.03. The second-order valence-corrected chi connectivity index (χ2v) is 5.82. The summed E-state index contributed by atoms with van der Waals surface area (Å²) in [4.78, 5) is 2.13. The van der Waals surface area contributed by atoms with Gasteiger partial charge in [0.2, 0.25) is 0 Å². The van der Waals surface area contributed by atoms with E-state index in [9.17, 15) is 0 Å². The van der Waals surface area contributed by atoms with Gasteiger partial charge in [0, 0.05) is 13.1 Å². The minimum atomic E-state index is -0.143. The van der Waals surface area contributed by atoms with Crippen molar-refractivity contribution in [2.75, 3.05) is 38.6 Å². The van der Waals surface area contributed by atoms with Gasteiger partial charge in [-0.1, -0.05) is 6.07 Å². The summed E-state index contributed by atoms with van der Waals surface area (Å²) in [5.74, 6) is 0.934. The van der Waals surface area contributed by atoms with E-state index in [2.05, 4.69) is 36.2 Å². The molecule has 4 nitrogen and oxygen atoms in total. The maximum absolute atomic E-state index is 8.87. The molecule has 2 N–H and O–H groups in total. The number of nitrogens with one attached hydrogen (secondary N) is 1. The highest BCUT2D eigenvalue weighted by Crippen LogP contribution is 2.33. The van der Waals surface area contributed by atoms with Crippen molar-refractivity contribution < 1.29 is 9.84 Å². The van der Waals surface area contributed by atoms with Gasteiger partial charge in [-0.3, -0.25) is 0 Å². The number of hydrogen-bond donors (Lipinski definition) is 2. The summed E-state index contributed by atoms with van der Waals surface area (Å²) in [6, 6.07) is 6.33. The van der Waals surface area contributed by atoms with Crippen LogP contribution < -0.4 is 10.1 Å². The van der Waals surface area contributed by atoms with Gasteiger partial charge in [0.25, 0.3) is 0 Å². The molecule has 0 amide bonds. The van der Waals surface area contributed by atoms with E-state index in [0.717, 1.165) is 37.5 Å². The first-order valence-electron chi connectivity index (χ1n) is 6.85. The Morgan fingerprint density at radius 3 is 2.89 bits per heavy atom. The van der Waals surface area contributed by atoms with Crippen LogP contribution in [0.3, 0.4) is 0 Å². The largest absolute Gasteiger partial charge is 0.484 e. The number of fused-ring (bicyclic) bond motifs is 1. The number of likely N-dealkylation sites (N-methyl/N-ethyl adjacent to an activating group) is 1. The van der Waals surface area contributed by atoms with Gasteiger partial charge in [0.1, 0.15) is 11.4 Å². The Balaban J connectivity index is 1.98. The molecule has 19 heavy (non-hydrogen) atoms. The molecule has 0 aliphatic carbocycles. The summed E-state index contributed by atoms with van der Waals surface area (Å²) >= 11 is 0. The number of ether oxygens (including phenoxy) is 1. The summed E-state index contributed by atoms with van der Waals surface area (Å²) < 4.78 is 5.93. The van der Waals surface area contributed by atoms with E-state index < -0.39 is 0 Å². The van der Waals surface area contributed by atoms with E-state index in [1.54, 1.807) is 0 Å². The number of aliphatic hydroxyl groups excluding tert-OH is 1. The Kier molecular flexibility index (Phi) is 4.32. The van der Waals surface area contributed by atoms with Gasteiger partial charge >= 0.3 is 0 Å². The fourth-order valence-corrected chi connectivity index (χ4v) is 2.20. The van der Waals surface area contributed by atoms with Crippen LogP contribution in [0.2, 0.25) is 0 Å². The first-order valence-corrected chi connectivity index (χ1v) is 6.85. The maximum Gasteiger partial charge on any atom is 0.143 e. The Hall–Kier alpha value is -1.26. The Bertz CT molecular complexity index is 432. The van der Waals surface area contributed by atoms with Crippen molar-refractivity contribution in [3.05, 3.63) is 23.8 Å². The van der Waals surface area contributed by atoms with Crippen LogP contribution in [-0.2, 0) is 6.42 Å². The maximum atomic E-state index is 8.87.